The second kappa shape index (κ2) is 4.51. The van der Waals surface area contributed by atoms with Crippen LogP contribution in [0.15, 0.2) is 12.4 Å². The van der Waals surface area contributed by atoms with Crippen molar-refractivity contribution in [3.63, 3.8) is 0 Å². The highest BCUT2D eigenvalue weighted by molar-refractivity contribution is 5.48. The first-order chi connectivity index (χ1) is 8.35. The molecule has 0 spiro atoms. The van der Waals surface area contributed by atoms with Crippen LogP contribution in [0.3, 0.4) is 0 Å². The molecule has 2 atom stereocenters. The molecule has 0 aromatic carbocycles. The second-order valence-electron chi connectivity index (χ2n) is 5.32. The maximum atomic E-state index is 4.41. The van der Waals surface area contributed by atoms with Crippen LogP contribution in [0.1, 0.15) is 25.7 Å². The molecule has 2 fully saturated rings. The molecule has 0 radical (unpaired) electrons. The number of fused-ring (bicyclic) bond motifs is 2. The fraction of sp³-hybridized carbons (Fsp3) is 0.692. The monoisotopic (exact) mass is 232 g/mol. The number of nitrogens with zero attached hydrogens (tertiary/aromatic N) is 3. The van der Waals surface area contributed by atoms with Gasteiger partial charge in [0.15, 0.2) is 0 Å². The van der Waals surface area contributed by atoms with Crippen LogP contribution in [0, 0.1) is 11.8 Å². The SMILES string of the molecule is CNc1cc(N2CC3CCCC(C3)C2)ncn1. The highest BCUT2D eigenvalue weighted by Crippen LogP contribution is 2.35. The van der Waals surface area contributed by atoms with Crippen LogP contribution in [0.25, 0.3) is 0 Å². The summed E-state index contributed by atoms with van der Waals surface area (Å²) in [5.74, 6) is 3.76. The van der Waals surface area contributed by atoms with Crippen LogP contribution in [0.5, 0.6) is 0 Å². The predicted molar refractivity (Wildman–Crippen MR) is 69.2 cm³/mol. The first-order valence-corrected chi connectivity index (χ1v) is 6.60. The third kappa shape index (κ3) is 2.21. The van der Waals surface area contributed by atoms with Gasteiger partial charge in [-0.25, -0.2) is 9.97 Å². The molecule has 1 aliphatic heterocycles. The van der Waals surface area contributed by atoms with E-state index in [-0.39, 0.29) is 0 Å². The van der Waals surface area contributed by atoms with E-state index in [0.717, 1.165) is 23.5 Å². The van der Waals surface area contributed by atoms with Gasteiger partial charge in [-0.3, -0.25) is 0 Å². The molecule has 2 unspecified atom stereocenters. The first kappa shape index (κ1) is 10.8. The Morgan fingerprint density at radius 1 is 1.24 bits per heavy atom. The molecular weight excluding hydrogens is 212 g/mol. The third-order valence-electron chi connectivity index (χ3n) is 4.08. The van der Waals surface area contributed by atoms with E-state index in [1.165, 1.54) is 38.8 Å². The van der Waals surface area contributed by atoms with E-state index >= 15 is 0 Å². The van der Waals surface area contributed by atoms with Crippen LogP contribution in [0.2, 0.25) is 0 Å². The van der Waals surface area contributed by atoms with Gasteiger partial charge in [0, 0.05) is 26.2 Å². The normalized spacial score (nSPS) is 27.9. The minimum Gasteiger partial charge on any atom is -0.373 e. The fourth-order valence-electron chi connectivity index (χ4n) is 3.28. The number of aromatic nitrogens is 2. The van der Waals surface area contributed by atoms with Crippen molar-refractivity contribution in [2.75, 3.05) is 30.4 Å². The van der Waals surface area contributed by atoms with E-state index in [0.29, 0.717) is 0 Å². The molecule has 17 heavy (non-hydrogen) atoms. The molecule has 1 aliphatic carbocycles. The predicted octanol–water partition coefficient (Wildman–Crippen LogP) is 2.14. The molecule has 3 rings (SSSR count). The Morgan fingerprint density at radius 2 is 2.00 bits per heavy atom. The minimum absolute atomic E-state index is 0.885. The topological polar surface area (TPSA) is 41.0 Å². The average molecular weight is 232 g/mol. The lowest BCUT2D eigenvalue weighted by molar-refractivity contribution is 0.230. The van der Waals surface area contributed by atoms with Crippen LogP contribution in [-0.4, -0.2) is 30.1 Å². The summed E-state index contributed by atoms with van der Waals surface area (Å²) in [4.78, 5) is 11.0. The van der Waals surface area contributed by atoms with E-state index < -0.39 is 0 Å². The number of nitrogens with one attached hydrogen (secondary N) is 1. The second-order valence-corrected chi connectivity index (χ2v) is 5.32. The lowest BCUT2D eigenvalue weighted by Crippen LogP contribution is -2.43. The summed E-state index contributed by atoms with van der Waals surface area (Å²) in [6, 6.07) is 2.06. The van der Waals surface area contributed by atoms with Crippen LogP contribution < -0.4 is 10.2 Å². The number of hydrogen-bond donors (Lipinski definition) is 1. The summed E-state index contributed by atoms with van der Waals surface area (Å²) < 4.78 is 0. The average Bonchev–Trinajstić information content (AvgIpc) is 2.38. The van der Waals surface area contributed by atoms with Crippen molar-refractivity contribution in [3.8, 4) is 0 Å². The fourth-order valence-corrected chi connectivity index (χ4v) is 3.28. The van der Waals surface area contributed by atoms with Crippen molar-refractivity contribution < 1.29 is 0 Å². The van der Waals surface area contributed by atoms with E-state index in [4.69, 9.17) is 0 Å². The molecule has 0 amide bonds. The lowest BCUT2D eigenvalue weighted by atomic mass is 9.78. The molecule has 2 aliphatic rings. The standard InChI is InChI=1S/C13H20N4/c1-14-12-6-13(16-9-15-12)17-7-10-3-2-4-11(5-10)8-17/h6,9-11H,2-5,7-8H2,1H3,(H,14,15,16). The van der Waals surface area contributed by atoms with Gasteiger partial charge in [0.25, 0.3) is 0 Å². The summed E-state index contributed by atoms with van der Waals surface area (Å²) in [6.07, 6.45) is 7.31. The van der Waals surface area contributed by atoms with Gasteiger partial charge in [-0.05, 0) is 31.1 Å². The minimum atomic E-state index is 0.885. The zero-order valence-electron chi connectivity index (χ0n) is 10.4. The summed E-state index contributed by atoms with van der Waals surface area (Å²) >= 11 is 0. The van der Waals surface area contributed by atoms with Gasteiger partial charge in [-0.15, -0.1) is 0 Å². The van der Waals surface area contributed by atoms with Crippen molar-refractivity contribution in [1.29, 1.82) is 0 Å². The lowest BCUT2D eigenvalue weighted by Gasteiger charge is -2.41. The maximum absolute atomic E-state index is 4.41. The van der Waals surface area contributed by atoms with Crippen molar-refractivity contribution in [1.82, 2.24) is 9.97 Å². The molecular formula is C13H20N4. The van der Waals surface area contributed by atoms with Gasteiger partial charge in [0.1, 0.15) is 18.0 Å². The molecule has 1 saturated heterocycles. The maximum Gasteiger partial charge on any atom is 0.134 e. The Labute approximate surface area is 102 Å². The van der Waals surface area contributed by atoms with E-state index in [1.54, 1.807) is 6.33 Å². The highest BCUT2D eigenvalue weighted by Gasteiger charge is 2.30. The van der Waals surface area contributed by atoms with Gasteiger partial charge in [0.05, 0.1) is 0 Å². The van der Waals surface area contributed by atoms with Crippen molar-refractivity contribution >= 4 is 11.6 Å². The molecule has 92 valence electrons. The molecule has 4 nitrogen and oxygen atoms in total. The molecule has 1 N–H and O–H groups in total. The van der Waals surface area contributed by atoms with Gasteiger partial charge in [-0.1, -0.05) is 6.42 Å². The molecule has 4 heteroatoms. The molecule has 2 heterocycles. The largest absolute Gasteiger partial charge is 0.373 e. The zero-order valence-corrected chi connectivity index (χ0v) is 10.4. The van der Waals surface area contributed by atoms with Gasteiger partial charge >= 0.3 is 0 Å². The molecule has 1 saturated carbocycles. The number of hydrogen-bond acceptors (Lipinski definition) is 4. The highest BCUT2D eigenvalue weighted by atomic mass is 15.2. The van der Waals surface area contributed by atoms with Crippen molar-refractivity contribution in [2.24, 2.45) is 11.8 Å². The van der Waals surface area contributed by atoms with E-state index in [2.05, 4.69) is 26.3 Å². The number of anilines is 2. The Morgan fingerprint density at radius 3 is 2.71 bits per heavy atom. The summed E-state index contributed by atoms with van der Waals surface area (Å²) in [5, 5.41) is 3.08. The Kier molecular flexibility index (Phi) is 2.87. The summed E-state index contributed by atoms with van der Waals surface area (Å²) in [7, 11) is 1.90. The number of piperidine rings is 1. The van der Waals surface area contributed by atoms with Crippen LogP contribution >= 0.6 is 0 Å². The van der Waals surface area contributed by atoms with Crippen LogP contribution in [-0.2, 0) is 0 Å². The van der Waals surface area contributed by atoms with E-state index in [9.17, 15) is 0 Å². The van der Waals surface area contributed by atoms with Gasteiger partial charge in [-0.2, -0.15) is 0 Å². The molecule has 2 bridgehead atoms. The zero-order chi connectivity index (χ0) is 11.7. The third-order valence-corrected chi connectivity index (χ3v) is 4.08. The van der Waals surface area contributed by atoms with E-state index in [1.807, 2.05) is 7.05 Å². The number of rotatable bonds is 2. The van der Waals surface area contributed by atoms with Crippen molar-refractivity contribution in [2.45, 2.75) is 25.7 Å². The first-order valence-electron chi connectivity index (χ1n) is 6.60. The quantitative estimate of drug-likeness (QED) is 0.848. The summed E-state index contributed by atoms with van der Waals surface area (Å²) in [6.45, 7) is 2.35. The Balaban J connectivity index is 1.79. The smallest absolute Gasteiger partial charge is 0.134 e. The molecule has 1 aromatic heterocycles. The van der Waals surface area contributed by atoms with Gasteiger partial charge < -0.3 is 10.2 Å². The van der Waals surface area contributed by atoms with Crippen molar-refractivity contribution in [3.05, 3.63) is 12.4 Å². The Bertz CT molecular complexity index is 381. The Hall–Kier alpha value is -1.32. The van der Waals surface area contributed by atoms with Crippen LogP contribution in [0.4, 0.5) is 11.6 Å². The molecule has 1 aromatic rings. The summed E-state index contributed by atoms with van der Waals surface area (Å²) in [5.41, 5.74) is 0. The van der Waals surface area contributed by atoms with Gasteiger partial charge in [0.2, 0.25) is 0 Å².